The number of hydrogen-bond acceptors (Lipinski definition) is 4. The fourth-order valence-corrected chi connectivity index (χ4v) is 1.83. The molecule has 0 spiro atoms. The van der Waals surface area contributed by atoms with Crippen molar-refractivity contribution in [2.24, 2.45) is 0 Å². The Kier molecular flexibility index (Phi) is 7.04. The summed E-state index contributed by atoms with van der Waals surface area (Å²) in [6.45, 7) is 1.57. The number of amides is 1. The van der Waals surface area contributed by atoms with E-state index in [4.69, 9.17) is 15.2 Å². The van der Waals surface area contributed by atoms with E-state index in [9.17, 15) is 13.6 Å². The molecule has 1 aromatic rings. The van der Waals surface area contributed by atoms with Crippen molar-refractivity contribution in [1.82, 2.24) is 4.90 Å². The monoisotopic (exact) mass is 302 g/mol. The van der Waals surface area contributed by atoms with Crippen LogP contribution in [0.4, 0.5) is 14.5 Å². The minimum absolute atomic E-state index is 0.0533. The van der Waals surface area contributed by atoms with Crippen LogP contribution in [0.15, 0.2) is 12.1 Å². The van der Waals surface area contributed by atoms with Gasteiger partial charge in [0, 0.05) is 45.7 Å². The van der Waals surface area contributed by atoms with Gasteiger partial charge in [0.25, 0.3) is 5.91 Å². The van der Waals surface area contributed by atoms with Crippen molar-refractivity contribution >= 4 is 11.6 Å². The Morgan fingerprint density at radius 3 is 2.38 bits per heavy atom. The van der Waals surface area contributed by atoms with Crippen LogP contribution in [0.3, 0.4) is 0 Å². The standard InChI is InChI=1S/C14H20F2N2O3/c1-20-6-3-4-18(5-7-21-2)14(19)10-8-11(15)12(16)9-13(10)17/h8-9H,3-7,17H2,1-2H3. The predicted molar refractivity (Wildman–Crippen MR) is 75.0 cm³/mol. The number of benzene rings is 1. The van der Waals surface area contributed by atoms with Gasteiger partial charge in [-0.25, -0.2) is 8.78 Å². The van der Waals surface area contributed by atoms with Crippen molar-refractivity contribution in [2.75, 3.05) is 46.3 Å². The first-order chi connectivity index (χ1) is 10.0. The van der Waals surface area contributed by atoms with Gasteiger partial charge in [0.2, 0.25) is 0 Å². The molecule has 118 valence electrons. The predicted octanol–water partition coefficient (Wildman–Crippen LogP) is 1.67. The van der Waals surface area contributed by atoms with Crippen molar-refractivity contribution in [3.8, 4) is 0 Å². The maximum absolute atomic E-state index is 13.3. The van der Waals surface area contributed by atoms with Crippen LogP contribution >= 0.6 is 0 Å². The molecule has 0 aliphatic heterocycles. The number of rotatable bonds is 8. The first kappa shape index (κ1) is 17.3. The topological polar surface area (TPSA) is 64.8 Å². The maximum atomic E-state index is 13.3. The third-order valence-corrected chi connectivity index (χ3v) is 2.95. The van der Waals surface area contributed by atoms with E-state index in [1.165, 1.54) is 12.0 Å². The molecule has 0 aliphatic rings. The van der Waals surface area contributed by atoms with E-state index in [2.05, 4.69) is 0 Å². The summed E-state index contributed by atoms with van der Waals surface area (Å²) in [5, 5.41) is 0. The minimum Gasteiger partial charge on any atom is -0.398 e. The van der Waals surface area contributed by atoms with Crippen LogP contribution in [0.5, 0.6) is 0 Å². The highest BCUT2D eigenvalue weighted by molar-refractivity contribution is 5.99. The van der Waals surface area contributed by atoms with Crippen molar-refractivity contribution in [1.29, 1.82) is 0 Å². The Bertz CT molecular complexity index is 484. The summed E-state index contributed by atoms with van der Waals surface area (Å²) in [5.74, 6) is -2.64. The van der Waals surface area contributed by atoms with Crippen LogP contribution in [0, 0.1) is 11.6 Å². The van der Waals surface area contributed by atoms with Crippen LogP contribution in [0.2, 0.25) is 0 Å². The van der Waals surface area contributed by atoms with Gasteiger partial charge in [-0.1, -0.05) is 0 Å². The van der Waals surface area contributed by atoms with E-state index >= 15 is 0 Å². The molecule has 0 radical (unpaired) electrons. The molecule has 0 atom stereocenters. The normalized spacial score (nSPS) is 10.7. The third kappa shape index (κ3) is 4.95. The molecule has 0 aliphatic carbocycles. The molecule has 0 bridgehead atoms. The van der Waals surface area contributed by atoms with Gasteiger partial charge in [0.15, 0.2) is 11.6 Å². The number of methoxy groups -OCH3 is 2. The summed E-state index contributed by atoms with van der Waals surface area (Å²) in [6, 6.07) is 1.63. The van der Waals surface area contributed by atoms with Crippen LogP contribution in [-0.2, 0) is 9.47 Å². The van der Waals surface area contributed by atoms with Gasteiger partial charge >= 0.3 is 0 Å². The van der Waals surface area contributed by atoms with Crippen LogP contribution in [0.1, 0.15) is 16.8 Å². The quantitative estimate of drug-likeness (QED) is 0.586. The number of anilines is 1. The molecule has 1 amide bonds. The molecular weight excluding hydrogens is 282 g/mol. The Hall–Kier alpha value is -1.73. The molecule has 0 fully saturated rings. The lowest BCUT2D eigenvalue weighted by Gasteiger charge is -2.23. The zero-order valence-electron chi connectivity index (χ0n) is 12.2. The highest BCUT2D eigenvalue weighted by Gasteiger charge is 2.20. The molecule has 5 nitrogen and oxygen atoms in total. The summed E-state index contributed by atoms with van der Waals surface area (Å²) in [7, 11) is 3.08. The summed E-state index contributed by atoms with van der Waals surface area (Å²) in [5.41, 5.74) is 5.46. The molecule has 0 unspecified atom stereocenters. The van der Waals surface area contributed by atoms with Crippen molar-refractivity contribution in [3.05, 3.63) is 29.3 Å². The van der Waals surface area contributed by atoms with Crippen LogP contribution in [0.25, 0.3) is 0 Å². The Morgan fingerprint density at radius 1 is 1.14 bits per heavy atom. The lowest BCUT2D eigenvalue weighted by atomic mass is 10.1. The molecule has 1 aromatic carbocycles. The second-order valence-corrected chi connectivity index (χ2v) is 4.48. The zero-order chi connectivity index (χ0) is 15.8. The lowest BCUT2D eigenvalue weighted by Crippen LogP contribution is -2.35. The molecule has 0 saturated carbocycles. The van der Waals surface area contributed by atoms with Gasteiger partial charge in [-0.05, 0) is 12.5 Å². The fourth-order valence-electron chi connectivity index (χ4n) is 1.83. The zero-order valence-corrected chi connectivity index (χ0v) is 12.2. The molecular formula is C14H20F2N2O3. The first-order valence-corrected chi connectivity index (χ1v) is 6.53. The SMILES string of the molecule is COCCCN(CCOC)C(=O)c1cc(F)c(F)cc1N. The lowest BCUT2D eigenvalue weighted by molar-refractivity contribution is 0.0674. The van der Waals surface area contributed by atoms with E-state index in [0.717, 1.165) is 12.1 Å². The molecule has 7 heteroatoms. The Labute approximate surface area is 122 Å². The van der Waals surface area contributed by atoms with E-state index in [0.29, 0.717) is 32.7 Å². The highest BCUT2D eigenvalue weighted by atomic mass is 19.2. The van der Waals surface area contributed by atoms with Gasteiger partial charge in [0.1, 0.15) is 0 Å². The number of carbonyl (C=O) groups excluding carboxylic acids is 1. The van der Waals surface area contributed by atoms with E-state index in [1.54, 1.807) is 7.11 Å². The number of nitrogens with two attached hydrogens (primary N) is 1. The van der Waals surface area contributed by atoms with Gasteiger partial charge in [-0.2, -0.15) is 0 Å². The molecule has 0 aromatic heterocycles. The minimum atomic E-state index is -1.10. The molecule has 1 rings (SSSR count). The average molecular weight is 302 g/mol. The summed E-state index contributed by atoms with van der Waals surface area (Å²) in [4.78, 5) is 13.9. The van der Waals surface area contributed by atoms with Crippen LogP contribution < -0.4 is 5.73 Å². The molecule has 21 heavy (non-hydrogen) atoms. The van der Waals surface area contributed by atoms with Gasteiger partial charge < -0.3 is 20.1 Å². The smallest absolute Gasteiger partial charge is 0.256 e. The van der Waals surface area contributed by atoms with Gasteiger partial charge in [-0.15, -0.1) is 0 Å². The van der Waals surface area contributed by atoms with Crippen molar-refractivity contribution in [2.45, 2.75) is 6.42 Å². The number of carbonyl (C=O) groups is 1. The Balaban J connectivity index is 2.90. The Morgan fingerprint density at radius 2 is 1.76 bits per heavy atom. The average Bonchev–Trinajstić information content (AvgIpc) is 2.46. The second kappa shape index (κ2) is 8.53. The van der Waals surface area contributed by atoms with E-state index < -0.39 is 17.5 Å². The molecule has 0 saturated heterocycles. The van der Waals surface area contributed by atoms with Crippen molar-refractivity contribution in [3.63, 3.8) is 0 Å². The first-order valence-electron chi connectivity index (χ1n) is 6.53. The number of nitrogen functional groups attached to an aromatic ring is 1. The van der Waals surface area contributed by atoms with Crippen LogP contribution in [-0.4, -0.2) is 51.3 Å². The maximum Gasteiger partial charge on any atom is 0.256 e. The third-order valence-electron chi connectivity index (χ3n) is 2.95. The fraction of sp³-hybridized carbons (Fsp3) is 0.500. The summed E-state index contributed by atoms with van der Waals surface area (Å²) >= 11 is 0. The number of halogens is 2. The van der Waals surface area contributed by atoms with Crippen molar-refractivity contribution < 1.29 is 23.0 Å². The number of nitrogens with zero attached hydrogens (tertiary/aromatic N) is 1. The van der Waals surface area contributed by atoms with E-state index in [1.807, 2.05) is 0 Å². The number of hydrogen-bond donors (Lipinski definition) is 1. The molecule has 0 heterocycles. The highest BCUT2D eigenvalue weighted by Crippen LogP contribution is 2.19. The van der Waals surface area contributed by atoms with Gasteiger partial charge in [0.05, 0.1) is 12.2 Å². The number of ether oxygens (including phenoxy) is 2. The summed E-state index contributed by atoms with van der Waals surface area (Å²) < 4.78 is 36.2. The second-order valence-electron chi connectivity index (χ2n) is 4.48. The largest absolute Gasteiger partial charge is 0.398 e. The van der Waals surface area contributed by atoms with E-state index in [-0.39, 0.29) is 11.3 Å². The van der Waals surface area contributed by atoms with Gasteiger partial charge in [-0.3, -0.25) is 4.79 Å². The summed E-state index contributed by atoms with van der Waals surface area (Å²) in [6.07, 6.45) is 0.621. The molecule has 2 N–H and O–H groups in total.